The fourth-order valence-corrected chi connectivity index (χ4v) is 9.32. The quantitative estimate of drug-likeness (QED) is 0.257. The summed E-state index contributed by atoms with van der Waals surface area (Å²) in [6.07, 6.45) is 7.27. The van der Waals surface area contributed by atoms with Crippen LogP contribution in [-0.2, 0) is 5.41 Å². The van der Waals surface area contributed by atoms with Gasteiger partial charge in [-0.15, -0.1) is 0 Å². The SMILES string of the molecule is c1ccc2c(c1)-c1cc3c(cc1C21C2CC4CC(C2)CC1C4)[nH]c1ccc2ccccc2c13. The van der Waals surface area contributed by atoms with Crippen LogP contribution in [0.25, 0.3) is 43.7 Å². The maximum Gasteiger partial charge on any atom is 0.0471 e. The molecule has 5 aliphatic rings. The van der Waals surface area contributed by atoms with E-state index in [9.17, 15) is 0 Å². The van der Waals surface area contributed by atoms with Gasteiger partial charge in [0.15, 0.2) is 0 Å². The van der Waals surface area contributed by atoms with E-state index in [1.807, 2.05) is 0 Å². The summed E-state index contributed by atoms with van der Waals surface area (Å²) >= 11 is 0. The fraction of sp³-hybridized carbons (Fsp3) is 0.312. The van der Waals surface area contributed by atoms with Gasteiger partial charge in [-0.25, -0.2) is 0 Å². The second-order valence-electron chi connectivity index (χ2n) is 11.5. The Hall–Kier alpha value is -3.06. The lowest BCUT2D eigenvalue weighted by molar-refractivity contribution is -0.0399. The summed E-state index contributed by atoms with van der Waals surface area (Å²) in [5, 5.41) is 5.45. The van der Waals surface area contributed by atoms with E-state index in [0.29, 0.717) is 0 Å². The molecule has 0 radical (unpaired) electrons. The molecule has 4 aromatic carbocycles. The van der Waals surface area contributed by atoms with E-state index in [0.717, 1.165) is 23.7 Å². The Labute approximate surface area is 193 Å². The van der Waals surface area contributed by atoms with Crippen LogP contribution in [0, 0.1) is 23.7 Å². The Morgan fingerprint density at radius 2 is 1.36 bits per heavy atom. The number of aromatic amines is 1. The smallest absolute Gasteiger partial charge is 0.0471 e. The Kier molecular flexibility index (Phi) is 3.01. The van der Waals surface area contributed by atoms with Gasteiger partial charge in [0.2, 0.25) is 0 Å². The highest BCUT2D eigenvalue weighted by Crippen LogP contribution is 2.69. The van der Waals surface area contributed by atoms with E-state index in [1.54, 1.807) is 11.1 Å². The van der Waals surface area contributed by atoms with Gasteiger partial charge < -0.3 is 4.98 Å². The molecule has 0 saturated heterocycles. The molecule has 5 aromatic rings. The Balaban J connectivity index is 1.41. The average Bonchev–Trinajstić information content (AvgIpc) is 3.34. The van der Waals surface area contributed by atoms with Gasteiger partial charge in [-0.05, 0) is 107 Å². The highest BCUT2D eigenvalue weighted by Gasteiger charge is 2.61. The number of fused-ring (bicyclic) bond motifs is 8. The van der Waals surface area contributed by atoms with E-state index in [4.69, 9.17) is 0 Å². The molecule has 10 rings (SSSR count). The first-order valence-electron chi connectivity index (χ1n) is 12.9. The van der Waals surface area contributed by atoms with Crippen LogP contribution in [0.5, 0.6) is 0 Å². The summed E-state index contributed by atoms with van der Waals surface area (Å²) in [5.41, 5.74) is 9.14. The van der Waals surface area contributed by atoms with Gasteiger partial charge in [0.25, 0.3) is 0 Å². The van der Waals surface area contributed by atoms with Crippen molar-refractivity contribution < 1.29 is 0 Å². The highest BCUT2D eigenvalue weighted by molar-refractivity contribution is 6.21. The van der Waals surface area contributed by atoms with E-state index >= 15 is 0 Å². The lowest BCUT2D eigenvalue weighted by Gasteiger charge is -2.61. The molecule has 0 amide bonds. The van der Waals surface area contributed by atoms with Crippen molar-refractivity contribution in [2.24, 2.45) is 23.7 Å². The first kappa shape index (κ1) is 17.4. The van der Waals surface area contributed by atoms with Crippen LogP contribution in [0.2, 0.25) is 0 Å². The summed E-state index contributed by atoms with van der Waals surface area (Å²) in [5.74, 6) is 3.60. The van der Waals surface area contributed by atoms with Crippen molar-refractivity contribution in [3.05, 3.63) is 83.9 Å². The summed E-state index contributed by atoms with van der Waals surface area (Å²) in [7, 11) is 0. The molecular formula is C32H27N. The van der Waals surface area contributed by atoms with Crippen LogP contribution >= 0.6 is 0 Å². The standard InChI is InChI=1S/C32H27N/c1-2-6-23-20(5-1)9-10-29-31(23)26-16-25-24-7-3-4-8-27(24)32(28(25)17-30(26)33-29)21-12-18-11-19(14-21)15-22(32)13-18/h1-10,16-19,21-22,33H,11-15H2. The van der Waals surface area contributed by atoms with Crippen molar-refractivity contribution in [3.8, 4) is 11.1 Å². The maximum absolute atomic E-state index is 3.83. The van der Waals surface area contributed by atoms with Gasteiger partial charge in [-0.2, -0.15) is 0 Å². The molecule has 0 unspecified atom stereocenters. The second kappa shape index (κ2) is 5.70. The van der Waals surface area contributed by atoms with Gasteiger partial charge in [-0.3, -0.25) is 0 Å². The third-order valence-corrected chi connectivity index (χ3v) is 10.2. The minimum atomic E-state index is 0.243. The number of nitrogens with one attached hydrogen (secondary N) is 1. The number of aromatic nitrogens is 1. The molecule has 1 spiro atoms. The highest BCUT2D eigenvalue weighted by atomic mass is 14.7. The van der Waals surface area contributed by atoms with Crippen molar-refractivity contribution in [2.45, 2.75) is 37.5 Å². The zero-order valence-electron chi connectivity index (χ0n) is 18.8. The molecule has 4 saturated carbocycles. The molecule has 4 fully saturated rings. The molecule has 1 N–H and O–H groups in total. The monoisotopic (exact) mass is 425 g/mol. The molecule has 33 heavy (non-hydrogen) atoms. The third-order valence-electron chi connectivity index (χ3n) is 10.2. The number of H-pyrrole nitrogens is 1. The minimum Gasteiger partial charge on any atom is -0.354 e. The van der Waals surface area contributed by atoms with E-state index in [-0.39, 0.29) is 5.41 Å². The van der Waals surface area contributed by atoms with Crippen LogP contribution in [-0.4, -0.2) is 4.98 Å². The zero-order valence-corrected chi connectivity index (χ0v) is 18.8. The molecule has 1 heterocycles. The molecule has 0 aliphatic heterocycles. The number of hydrogen-bond donors (Lipinski definition) is 1. The molecule has 4 bridgehead atoms. The van der Waals surface area contributed by atoms with Crippen LogP contribution in [0.15, 0.2) is 72.8 Å². The van der Waals surface area contributed by atoms with Gasteiger partial charge in [-0.1, -0.05) is 54.6 Å². The molecule has 5 aliphatic carbocycles. The van der Waals surface area contributed by atoms with E-state index in [1.165, 1.54) is 75.8 Å². The topological polar surface area (TPSA) is 15.8 Å². The molecule has 1 nitrogen and oxygen atoms in total. The number of benzene rings is 4. The minimum absolute atomic E-state index is 0.243. The maximum atomic E-state index is 3.83. The molecule has 1 heteroatoms. The summed E-state index contributed by atoms with van der Waals surface area (Å²) in [6.45, 7) is 0. The van der Waals surface area contributed by atoms with Crippen molar-refractivity contribution in [1.29, 1.82) is 0 Å². The van der Waals surface area contributed by atoms with E-state index in [2.05, 4.69) is 77.8 Å². The van der Waals surface area contributed by atoms with Crippen LogP contribution in [0.1, 0.15) is 43.2 Å². The molecular weight excluding hydrogens is 398 g/mol. The van der Waals surface area contributed by atoms with Crippen LogP contribution < -0.4 is 0 Å². The average molecular weight is 426 g/mol. The second-order valence-corrected chi connectivity index (χ2v) is 11.5. The van der Waals surface area contributed by atoms with Crippen molar-refractivity contribution >= 4 is 32.6 Å². The van der Waals surface area contributed by atoms with Gasteiger partial charge in [0, 0.05) is 27.2 Å². The van der Waals surface area contributed by atoms with E-state index < -0.39 is 0 Å². The van der Waals surface area contributed by atoms with Crippen LogP contribution in [0.3, 0.4) is 0 Å². The predicted molar refractivity (Wildman–Crippen MR) is 137 cm³/mol. The van der Waals surface area contributed by atoms with Gasteiger partial charge >= 0.3 is 0 Å². The first-order valence-corrected chi connectivity index (χ1v) is 12.9. The summed E-state index contributed by atoms with van der Waals surface area (Å²) in [4.78, 5) is 3.83. The van der Waals surface area contributed by atoms with Crippen molar-refractivity contribution in [1.82, 2.24) is 4.98 Å². The lowest BCUT2D eigenvalue weighted by atomic mass is 9.43. The third kappa shape index (κ3) is 1.94. The Morgan fingerprint density at radius 3 is 2.21 bits per heavy atom. The normalized spacial score (nSPS) is 31.2. The fourth-order valence-electron chi connectivity index (χ4n) is 9.32. The van der Waals surface area contributed by atoms with Crippen molar-refractivity contribution in [3.63, 3.8) is 0 Å². The predicted octanol–water partition coefficient (Wildman–Crippen LogP) is 8.20. The Bertz CT molecular complexity index is 1610. The largest absolute Gasteiger partial charge is 0.354 e. The number of rotatable bonds is 0. The van der Waals surface area contributed by atoms with Crippen molar-refractivity contribution in [2.75, 3.05) is 0 Å². The zero-order chi connectivity index (χ0) is 21.3. The lowest BCUT2D eigenvalue weighted by Crippen LogP contribution is -2.55. The summed E-state index contributed by atoms with van der Waals surface area (Å²) < 4.78 is 0. The first-order chi connectivity index (χ1) is 16.3. The Morgan fingerprint density at radius 1 is 0.606 bits per heavy atom. The molecule has 160 valence electrons. The van der Waals surface area contributed by atoms with Crippen LogP contribution in [0.4, 0.5) is 0 Å². The molecule has 0 atom stereocenters. The van der Waals surface area contributed by atoms with Gasteiger partial charge in [0.1, 0.15) is 0 Å². The molecule has 1 aromatic heterocycles. The summed E-state index contributed by atoms with van der Waals surface area (Å²) in [6, 6.07) is 28.0. The van der Waals surface area contributed by atoms with Gasteiger partial charge in [0.05, 0.1) is 0 Å². The number of hydrogen-bond acceptors (Lipinski definition) is 0.